The molecule has 0 radical (unpaired) electrons. The van der Waals surface area contributed by atoms with E-state index in [2.05, 4.69) is 5.32 Å². The van der Waals surface area contributed by atoms with E-state index in [0.717, 1.165) is 19.4 Å². The molecule has 0 aliphatic carbocycles. The third kappa shape index (κ3) is 3.12. The average Bonchev–Trinajstić information content (AvgIpc) is 2.87. The van der Waals surface area contributed by atoms with Gasteiger partial charge in [-0.1, -0.05) is 0 Å². The van der Waals surface area contributed by atoms with Crippen LogP contribution in [0.25, 0.3) is 0 Å². The van der Waals surface area contributed by atoms with Crippen LogP contribution >= 0.6 is 0 Å². The van der Waals surface area contributed by atoms with Gasteiger partial charge in [0.2, 0.25) is 0 Å². The summed E-state index contributed by atoms with van der Waals surface area (Å²) in [4.78, 5) is 13.6. The number of carbonyl (C=O) groups is 1. The lowest BCUT2D eigenvalue weighted by Crippen LogP contribution is -2.41. The lowest BCUT2D eigenvalue weighted by molar-refractivity contribution is 0.0741. The molecule has 1 heterocycles. The highest BCUT2D eigenvalue weighted by atomic mass is 19.1. The fraction of sp³-hybridized carbons (Fsp3) is 0.500. The van der Waals surface area contributed by atoms with Crippen LogP contribution in [0, 0.1) is 17.5 Å². The van der Waals surface area contributed by atoms with E-state index in [0.29, 0.717) is 25.2 Å². The summed E-state index contributed by atoms with van der Waals surface area (Å²) >= 11 is 0. The van der Waals surface area contributed by atoms with Crippen molar-refractivity contribution >= 4 is 5.91 Å². The van der Waals surface area contributed by atoms with Gasteiger partial charge < -0.3 is 10.2 Å². The highest BCUT2D eigenvalue weighted by molar-refractivity contribution is 5.94. The van der Waals surface area contributed by atoms with E-state index in [-0.39, 0.29) is 6.04 Å². The van der Waals surface area contributed by atoms with Crippen LogP contribution in [0.15, 0.2) is 12.1 Å². The number of nitrogens with one attached hydrogen (secondary N) is 1. The molecule has 1 atom stereocenters. The molecular formula is C14H17F3N2O. The molecule has 1 saturated heterocycles. The van der Waals surface area contributed by atoms with Crippen LogP contribution in [0.1, 0.15) is 30.1 Å². The molecule has 3 nitrogen and oxygen atoms in total. The van der Waals surface area contributed by atoms with Crippen molar-refractivity contribution in [1.29, 1.82) is 0 Å². The van der Waals surface area contributed by atoms with Gasteiger partial charge in [0.05, 0.1) is 0 Å². The van der Waals surface area contributed by atoms with Crippen LogP contribution in [-0.4, -0.2) is 36.5 Å². The summed E-state index contributed by atoms with van der Waals surface area (Å²) in [6, 6.07) is 1.20. The molecule has 1 aromatic carbocycles. The van der Waals surface area contributed by atoms with Gasteiger partial charge in [0.25, 0.3) is 5.91 Å². The Hall–Kier alpha value is -1.56. The van der Waals surface area contributed by atoms with Gasteiger partial charge in [-0.25, -0.2) is 13.2 Å². The van der Waals surface area contributed by atoms with Gasteiger partial charge in [0.1, 0.15) is 23.0 Å². The van der Waals surface area contributed by atoms with Gasteiger partial charge in [0, 0.05) is 31.3 Å². The number of halogens is 3. The fourth-order valence-corrected chi connectivity index (χ4v) is 2.44. The number of nitrogens with zero attached hydrogens (tertiary/aromatic N) is 1. The molecule has 0 bridgehead atoms. The molecule has 1 aliphatic rings. The molecule has 1 amide bonds. The summed E-state index contributed by atoms with van der Waals surface area (Å²) in [5.41, 5.74) is -0.689. The van der Waals surface area contributed by atoms with E-state index < -0.39 is 28.9 Å². The number of hydrogen-bond donors (Lipinski definition) is 1. The van der Waals surface area contributed by atoms with E-state index in [1.165, 1.54) is 4.90 Å². The Morgan fingerprint density at radius 2 is 2.00 bits per heavy atom. The molecule has 6 heteroatoms. The smallest absolute Gasteiger partial charge is 0.259 e. The Morgan fingerprint density at radius 3 is 2.50 bits per heavy atom. The predicted octanol–water partition coefficient (Wildman–Crippen LogP) is 2.32. The molecule has 0 spiro atoms. The van der Waals surface area contributed by atoms with Crippen LogP contribution in [0.5, 0.6) is 0 Å². The van der Waals surface area contributed by atoms with Crippen molar-refractivity contribution in [2.24, 2.45) is 0 Å². The first-order valence-electron chi connectivity index (χ1n) is 6.70. The van der Waals surface area contributed by atoms with Crippen molar-refractivity contribution in [3.8, 4) is 0 Å². The van der Waals surface area contributed by atoms with Gasteiger partial charge in [-0.3, -0.25) is 4.79 Å². The van der Waals surface area contributed by atoms with Crippen molar-refractivity contribution in [3.63, 3.8) is 0 Å². The van der Waals surface area contributed by atoms with Crippen molar-refractivity contribution in [2.75, 3.05) is 19.6 Å². The van der Waals surface area contributed by atoms with Crippen molar-refractivity contribution in [1.82, 2.24) is 10.2 Å². The normalized spacial score (nSPS) is 18.3. The van der Waals surface area contributed by atoms with Gasteiger partial charge in [-0.15, -0.1) is 0 Å². The first kappa shape index (κ1) is 14.8. The summed E-state index contributed by atoms with van der Waals surface area (Å²) in [7, 11) is 0. The monoisotopic (exact) mass is 286 g/mol. The molecule has 1 N–H and O–H groups in total. The molecule has 1 unspecified atom stereocenters. The van der Waals surface area contributed by atoms with E-state index in [4.69, 9.17) is 0 Å². The third-order valence-electron chi connectivity index (χ3n) is 3.49. The van der Waals surface area contributed by atoms with Crippen LogP contribution in [-0.2, 0) is 0 Å². The van der Waals surface area contributed by atoms with Gasteiger partial charge in [-0.05, 0) is 26.3 Å². The maximum Gasteiger partial charge on any atom is 0.259 e. The number of hydrogen-bond acceptors (Lipinski definition) is 2. The summed E-state index contributed by atoms with van der Waals surface area (Å²) in [6.45, 7) is 3.36. The third-order valence-corrected chi connectivity index (χ3v) is 3.49. The largest absolute Gasteiger partial charge is 0.337 e. The Labute approximate surface area is 115 Å². The molecule has 1 aromatic rings. The zero-order valence-corrected chi connectivity index (χ0v) is 11.3. The lowest BCUT2D eigenvalue weighted by Gasteiger charge is -2.25. The van der Waals surface area contributed by atoms with Crippen molar-refractivity contribution < 1.29 is 18.0 Å². The number of rotatable bonds is 4. The lowest BCUT2D eigenvalue weighted by atomic mass is 10.1. The highest BCUT2D eigenvalue weighted by Gasteiger charge is 2.26. The maximum absolute atomic E-state index is 13.6. The van der Waals surface area contributed by atoms with Gasteiger partial charge >= 0.3 is 0 Å². The first-order chi connectivity index (χ1) is 9.52. The minimum atomic E-state index is -1.16. The number of carbonyl (C=O) groups excluding carboxylic acids is 1. The molecule has 110 valence electrons. The molecule has 1 aliphatic heterocycles. The molecule has 0 saturated carbocycles. The van der Waals surface area contributed by atoms with Gasteiger partial charge in [-0.2, -0.15) is 0 Å². The van der Waals surface area contributed by atoms with Crippen LogP contribution in [0.2, 0.25) is 0 Å². The Morgan fingerprint density at radius 1 is 1.35 bits per heavy atom. The highest BCUT2D eigenvalue weighted by Crippen LogP contribution is 2.18. The zero-order valence-electron chi connectivity index (χ0n) is 11.3. The molecular weight excluding hydrogens is 269 g/mol. The van der Waals surface area contributed by atoms with E-state index in [9.17, 15) is 18.0 Å². The molecule has 20 heavy (non-hydrogen) atoms. The second kappa shape index (κ2) is 6.26. The summed E-state index contributed by atoms with van der Waals surface area (Å²) < 4.78 is 40.1. The molecule has 0 aromatic heterocycles. The predicted molar refractivity (Wildman–Crippen MR) is 68.9 cm³/mol. The minimum Gasteiger partial charge on any atom is -0.337 e. The fourth-order valence-electron chi connectivity index (χ4n) is 2.44. The topological polar surface area (TPSA) is 32.3 Å². The number of amides is 1. The Balaban J connectivity index is 2.19. The van der Waals surface area contributed by atoms with Gasteiger partial charge in [0.15, 0.2) is 0 Å². The number of benzene rings is 1. The maximum atomic E-state index is 13.6. The van der Waals surface area contributed by atoms with Crippen LogP contribution < -0.4 is 5.32 Å². The van der Waals surface area contributed by atoms with E-state index >= 15 is 0 Å². The van der Waals surface area contributed by atoms with E-state index in [1.54, 1.807) is 6.92 Å². The van der Waals surface area contributed by atoms with Crippen molar-refractivity contribution in [2.45, 2.75) is 25.8 Å². The summed E-state index contributed by atoms with van der Waals surface area (Å²) in [6.07, 6.45) is 1.95. The summed E-state index contributed by atoms with van der Waals surface area (Å²) in [5, 5.41) is 3.22. The standard InChI is InChI=1S/C14H17F3N2O/c1-2-19(8-10-4-3-5-18-10)14(20)13-11(16)6-9(15)7-12(13)17/h6-7,10,18H,2-5,8H2,1H3. The minimum absolute atomic E-state index is 0.144. The second-order valence-corrected chi connectivity index (χ2v) is 4.88. The van der Waals surface area contributed by atoms with Crippen molar-refractivity contribution in [3.05, 3.63) is 35.1 Å². The quantitative estimate of drug-likeness (QED) is 0.921. The average molecular weight is 286 g/mol. The molecule has 1 fully saturated rings. The summed E-state index contributed by atoms with van der Waals surface area (Å²) in [5.74, 6) is -4.09. The Kier molecular flexibility index (Phi) is 4.65. The van der Waals surface area contributed by atoms with E-state index in [1.807, 2.05) is 0 Å². The Bertz CT molecular complexity index is 478. The first-order valence-corrected chi connectivity index (χ1v) is 6.70. The SMILES string of the molecule is CCN(CC1CCCN1)C(=O)c1c(F)cc(F)cc1F. The van der Waals surface area contributed by atoms with Crippen LogP contribution in [0.3, 0.4) is 0 Å². The number of likely N-dealkylation sites (N-methyl/N-ethyl adjacent to an activating group) is 1. The molecule has 2 rings (SSSR count). The van der Waals surface area contributed by atoms with Crippen LogP contribution in [0.4, 0.5) is 13.2 Å². The zero-order chi connectivity index (χ0) is 14.7. The second-order valence-electron chi connectivity index (χ2n) is 4.88.